The van der Waals surface area contributed by atoms with Crippen molar-refractivity contribution in [1.29, 1.82) is 0 Å². The van der Waals surface area contributed by atoms with Crippen LogP contribution in [-0.4, -0.2) is 71.6 Å². The zero-order valence-corrected chi connectivity index (χ0v) is 12.0. The minimum atomic E-state index is -5.08. The first-order valence-electron chi connectivity index (χ1n) is 6.24. The third kappa shape index (κ3) is 7.03. The average molecular weight is 354 g/mol. The zero-order chi connectivity index (χ0) is 18.5. The highest BCUT2D eigenvalue weighted by Crippen LogP contribution is 2.30. The number of likely N-dealkylation sites (N-methyl/N-ethyl adjacent to an activating group) is 1. The Balaban J connectivity index is 0.000000322. The van der Waals surface area contributed by atoms with Gasteiger partial charge in [0, 0.05) is 18.6 Å². The summed E-state index contributed by atoms with van der Waals surface area (Å²) in [5.41, 5.74) is 0.597. The number of alkyl halides is 6. The third-order valence-electron chi connectivity index (χ3n) is 3.34. The molecule has 0 amide bonds. The molecular weight excluding hydrogens is 338 g/mol. The van der Waals surface area contributed by atoms with Crippen molar-refractivity contribution in [2.45, 2.75) is 30.7 Å². The molecule has 0 aromatic rings. The highest BCUT2D eigenvalue weighted by atomic mass is 19.4. The molecule has 23 heavy (non-hydrogen) atoms. The lowest BCUT2D eigenvalue weighted by Crippen LogP contribution is -2.65. The van der Waals surface area contributed by atoms with Crippen LogP contribution in [0.4, 0.5) is 26.3 Å². The van der Waals surface area contributed by atoms with Crippen LogP contribution in [0.2, 0.25) is 0 Å². The fourth-order valence-electron chi connectivity index (χ4n) is 1.93. The predicted molar refractivity (Wildman–Crippen MR) is 64.8 cm³/mol. The van der Waals surface area contributed by atoms with Crippen molar-refractivity contribution in [3.63, 3.8) is 0 Å². The Bertz CT molecular complexity index is 396. The molecular formula is C11H16F6N2O4. The molecule has 0 bridgehead atoms. The molecule has 12 heteroatoms. The van der Waals surface area contributed by atoms with Crippen molar-refractivity contribution in [2.24, 2.45) is 0 Å². The van der Waals surface area contributed by atoms with Crippen LogP contribution >= 0.6 is 0 Å². The van der Waals surface area contributed by atoms with Crippen LogP contribution < -0.4 is 5.32 Å². The van der Waals surface area contributed by atoms with Crippen LogP contribution in [0.15, 0.2) is 0 Å². The molecule has 1 spiro atoms. The summed E-state index contributed by atoms with van der Waals surface area (Å²) in [5.74, 6) is -5.51. The molecule has 0 radical (unpaired) electrons. The lowest BCUT2D eigenvalue weighted by Gasteiger charge is -2.44. The molecule has 3 N–H and O–H groups in total. The van der Waals surface area contributed by atoms with Gasteiger partial charge < -0.3 is 15.5 Å². The first-order valence-corrected chi connectivity index (χ1v) is 6.24. The topological polar surface area (TPSA) is 89.9 Å². The minimum absolute atomic E-state index is 0.597. The summed E-state index contributed by atoms with van der Waals surface area (Å²) in [6, 6.07) is 0. The van der Waals surface area contributed by atoms with E-state index in [2.05, 4.69) is 17.3 Å². The summed E-state index contributed by atoms with van der Waals surface area (Å²) in [4.78, 5) is 20.3. The van der Waals surface area contributed by atoms with Crippen molar-refractivity contribution in [3.8, 4) is 0 Å². The van der Waals surface area contributed by atoms with Gasteiger partial charge in [-0.05, 0) is 26.4 Å². The van der Waals surface area contributed by atoms with Gasteiger partial charge in [0.15, 0.2) is 0 Å². The van der Waals surface area contributed by atoms with Gasteiger partial charge in [0.05, 0.1) is 0 Å². The molecule has 0 atom stereocenters. The van der Waals surface area contributed by atoms with Crippen molar-refractivity contribution in [3.05, 3.63) is 0 Å². The van der Waals surface area contributed by atoms with Gasteiger partial charge in [-0.25, -0.2) is 9.59 Å². The molecule has 6 nitrogen and oxygen atoms in total. The molecule has 2 saturated heterocycles. The Morgan fingerprint density at radius 1 is 1.00 bits per heavy atom. The quantitative estimate of drug-likeness (QED) is 0.569. The van der Waals surface area contributed by atoms with E-state index in [1.165, 1.54) is 32.5 Å². The van der Waals surface area contributed by atoms with Gasteiger partial charge in [-0.1, -0.05) is 0 Å². The largest absolute Gasteiger partial charge is 0.490 e. The fraction of sp³-hybridized carbons (Fsp3) is 0.818. The number of aliphatic carboxylic acids is 2. The van der Waals surface area contributed by atoms with E-state index in [-0.39, 0.29) is 0 Å². The van der Waals surface area contributed by atoms with Crippen molar-refractivity contribution >= 4 is 11.9 Å². The van der Waals surface area contributed by atoms with E-state index >= 15 is 0 Å². The van der Waals surface area contributed by atoms with Gasteiger partial charge in [0.2, 0.25) is 0 Å². The molecule has 2 fully saturated rings. The zero-order valence-electron chi connectivity index (χ0n) is 12.0. The van der Waals surface area contributed by atoms with Gasteiger partial charge in [0.25, 0.3) is 0 Å². The number of hydrogen-bond donors (Lipinski definition) is 3. The lowest BCUT2D eigenvalue weighted by atomic mass is 9.90. The van der Waals surface area contributed by atoms with Gasteiger partial charge in [-0.3, -0.25) is 4.90 Å². The molecule has 0 aliphatic carbocycles. The first-order chi connectivity index (χ1) is 10.2. The number of rotatable bonds is 0. The van der Waals surface area contributed by atoms with Crippen LogP contribution in [-0.2, 0) is 9.59 Å². The summed E-state index contributed by atoms with van der Waals surface area (Å²) < 4.78 is 63.5. The van der Waals surface area contributed by atoms with Crippen LogP contribution in [0.1, 0.15) is 12.8 Å². The smallest absolute Gasteiger partial charge is 0.475 e. The van der Waals surface area contributed by atoms with Crippen LogP contribution in [0, 0.1) is 0 Å². The van der Waals surface area contributed by atoms with E-state index < -0.39 is 24.3 Å². The van der Waals surface area contributed by atoms with E-state index in [1.54, 1.807) is 0 Å². The van der Waals surface area contributed by atoms with E-state index in [0.29, 0.717) is 5.54 Å². The predicted octanol–water partition coefficient (Wildman–Crippen LogP) is 1.32. The SMILES string of the molecule is CN1CCCC12CNC2.O=C(O)C(F)(F)F.O=C(O)C(F)(F)F. The molecule has 136 valence electrons. The number of nitrogens with one attached hydrogen (secondary N) is 1. The van der Waals surface area contributed by atoms with Crippen LogP contribution in [0.25, 0.3) is 0 Å². The first kappa shape index (κ1) is 21.4. The van der Waals surface area contributed by atoms with Gasteiger partial charge in [-0.2, -0.15) is 26.3 Å². The number of hydrogen-bond acceptors (Lipinski definition) is 4. The maximum absolute atomic E-state index is 10.6. The Morgan fingerprint density at radius 3 is 1.43 bits per heavy atom. The Kier molecular flexibility index (Phi) is 7.28. The summed E-state index contributed by atoms with van der Waals surface area (Å²) >= 11 is 0. The lowest BCUT2D eigenvalue weighted by molar-refractivity contribution is -0.193. The van der Waals surface area contributed by atoms with Crippen molar-refractivity contribution in [1.82, 2.24) is 10.2 Å². The number of nitrogens with zero attached hydrogens (tertiary/aromatic N) is 1. The molecule has 2 heterocycles. The number of carboxylic acids is 2. The molecule has 0 aromatic heterocycles. The van der Waals surface area contributed by atoms with E-state index in [9.17, 15) is 26.3 Å². The molecule has 0 unspecified atom stereocenters. The molecule has 0 saturated carbocycles. The third-order valence-corrected chi connectivity index (χ3v) is 3.34. The maximum atomic E-state index is 10.6. The molecule has 0 aromatic carbocycles. The van der Waals surface area contributed by atoms with E-state index in [0.717, 1.165) is 0 Å². The van der Waals surface area contributed by atoms with Gasteiger partial charge in [-0.15, -0.1) is 0 Å². The van der Waals surface area contributed by atoms with E-state index in [4.69, 9.17) is 19.8 Å². The molecule has 2 aliphatic rings. The normalized spacial score (nSPS) is 19.8. The second kappa shape index (κ2) is 7.81. The standard InChI is InChI=1S/C7H14N2.2C2HF3O2/c1-9-4-2-3-7(9)5-8-6-7;2*3-2(4,5)1(6)7/h8H,2-6H2,1H3;2*(H,6,7). The fourth-order valence-corrected chi connectivity index (χ4v) is 1.93. The number of carbonyl (C=O) groups is 2. The maximum Gasteiger partial charge on any atom is 0.490 e. The highest BCUT2D eigenvalue weighted by Gasteiger charge is 2.43. The summed E-state index contributed by atoms with van der Waals surface area (Å²) in [7, 11) is 2.24. The minimum Gasteiger partial charge on any atom is -0.475 e. The number of carboxylic acid groups (broad SMARTS) is 2. The second-order valence-electron chi connectivity index (χ2n) is 4.96. The average Bonchev–Trinajstić information content (AvgIpc) is 2.69. The van der Waals surface area contributed by atoms with E-state index in [1.807, 2.05) is 0 Å². The number of likely N-dealkylation sites (tertiary alicyclic amines) is 1. The van der Waals surface area contributed by atoms with Crippen molar-refractivity contribution in [2.75, 3.05) is 26.7 Å². The summed E-state index contributed by atoms with van der Waals surface area (Å²) in [5, 5.41) is 17.6. The second-order valence-corrected chi connectivity index (χ2v) is 4.96. The highest BCUT2D eigenvalue weighted by molar-refractivity contribution is 5.73. The van der Waals surface area contributed by atoms with Gasteiger partial charge >= 0.3 is 24.3 Å². The monoisotopic (exact) mass is 354 g/mol. The van der Waals surface area contributed by atoms with Crippen LogP contribution in [0.5, 0.6) is 0 Å². The van der Waals surface area contributed by atoms with Gasteiger partial charge in [0.1, 0.15) is 0 Å². The molecule has 2 aliphatic heterocycles. The van der Waals surface area contributed by atoms with Crippen molar-refractivity contribution < 1.29 is 46.1 Å². The summed E-state index contributed by atoms with van der Waals surface area (Å²) in [6.45, 7) is 3.76. The Labute approximate surface area is 127 Å². The molecule has 2 rings (SSSR count). The Hall–Kier alpha value is -1.56. The Morgan fingerprint density at radius 2 is 1.35 bits per heavy atom. The van der Waals surface area contributed by atoms with Crippen LogP contribution in [0.3, 0.4) is 0 Å². The summed E-state index contributed by atoms with van der Waals surface area (Å²) in [6.07, 6.45) is -7.35. The number of halogens is 6.